The van der Waals surface area contributed by atoms with Gasteiger partial charge in [0.1, 0.15) is 0 Å². The first-order chi connectivity index (χ1) is 5.81. The summed E-state index contributed by atoms with van der Waals surface area (Å²) in [5.74, 6) is 1.34. The van der Waals surface area contributed by atoms with Crippen molar-refractivity contribution in [3.8, 4) is 11.5 Å². The molecule has 0 aliphatic carbocycles. The molecule has 4 heteroatoms. The second-order valence-corrected chi connectivity index (χ2v) is 2.85. The van der Waals surface area contributed by atoms with E-state index in [1.807, 2.05) is 13.1 Å². The highest BCUT2D eigenvalue weighted by Gasteiger charge is 2.17. The van der Waals surface area contributed by atoms with Crippen LogP contribution in [0.15, 0.2) is 12.1 Å². The Bertz CT molecular complexity index is 314. The molecule has 0 unspecified atom stereocenters. The van der Waals surface area contributed by atoms with E-state index in [0.29, 0.717) is 16.5 Å². The highest BCUT2D eigenvalue weighted by atomic mass is 35.5. The number of benzene rings is 1. The van der Waals surface area contributed by atoms with E-state index >= 15 is 0 Å². The van der Waals surface area contributed by atoms with Crippen LogP contribution in [0, 0.1) is 0 Å². The van der Waals surface area contributed by atoms with E-state index in [-0.39, 0.29) is 6.79 Å². The molecule has 0 aromatic heterocycles. The van der Waals surface area contributed by atoms with Gasteiger partial charge >= 0.3 is 0 Å². The fraction of sp³-hybridized carbons (Fsp3) is 0.250. The van der Waals surface area contributed by atoms with Gasteiger partial charge < -0.3 is 14.8 Å². The van der Waals surface area contributed by atoms with Crippen molar-refractivity contribution in [3.63, 3.8) is 0 Å². The quantitative estimate of drug-likeness (QED) is 0.727. The summed E-state index contributed by atoms with van der Waals surface area (Å²) in [6, 6.07) is 3.66. The van der Waals surface area contributed by atoms with Gasteiger partial charge in [0.25, 0.3) is 0 Å². The lowest BCUT2D eigenvalue weighted by atomic mass is 10.3. The Kier molecular flexibility index (Phi) is 1.73. The molecule has 1 aliphatic rings. The fourth-order valence-electron chi connectivity index (χ4n) is 1.11. The fourth-order valence-corrected chi connectivity index (χ4v) is 1.38. The Hall–Kier alpha value is -1.09. The predicted octanol–water partition coefficient (Wildman–Crippen LogP) is 2.11. The molecule has 3 nitrogen and oxygen atoms in total. The van der Waals surface area contributed by atoms with Crippen LogP contribution in [-0.4, -0.2) is 13.8 Å². The molecule has 1 aromatic carbocycles. The molecule has 0 saturated carbocycles. The zero-order valence-electron chi connectivity index (χ0n) is 6.56. The number of nitrogens with one attached hydrogen (secondary N) is 1. The molecule has 0 radical (unpaired) electrons. The molecule has 1 heterocycles. The Labute approximate surface area is 75.2 Å². The van der Waals surface area contributed by atoms with Crippen molar-refractivity contribution < 1.29 is 9.47 Å². The molecule has 0 bridgehead atoms. The van der Waals surface area contributed by atoms with Crippen molar-refractivity contribution in [2.24, 2.45) is 0 Å². The molecule has 1 N–H and O–H groups in total. The van der Waals surface area contributed by atoms with Crippen molar-refractivity contribution in [2.45, 2.75) is 0 Å². The van der Waals surface area contributed by atoms with E-state index < -0.39 is 0 Å². The van der Waals surface area contributed by atoms with Crippen LogP contribution >= 0.6 is 11.6 Å². The lowest BCUT2D eigenvalue weighted by molar-refractivity contribution is 0.174. The van der Waals surface area contributed by atoms with E-state index in [2.05, 4.69) is 5.32 Å². The summed E-state index contributed by atoms with van der Waals surface area (Å²) >= 11 is 5.91. The van der Waals surface area contributed by atoms with Gasteiger partial charge in [0.2, 0.25) is 6.79 Å². The van der Waals surface area contributed by atoms with E-state index in [4.69, 9.17) is 21.1 Å². The Morgan fingerprint density at radius 3 is 3.00 bits per heavy atom. The monoisotopic (exact) mass is 185 g/mol. The van der Waals surface area contributed by atoms with Crippen molar-refractivity contribution in [2.75, 3.05) is 19.2 Å². The van der Waals surface area contributed by atoms with Crippen molar-refractivity contribution in [1.29, 1.82) is 0 Å². The van der Waals surface area contributed by atoms with Crippen LogP contribution in [0.4, 0.5) is 5.69 Å². The van der Waals surface area contributed by atoms with Gasteiger partial charge in [0.15, 0.2) is 11.5 Å². The topological polar surface area (TPSA) is 30.5 Å². The highest BCUT2D eigenvalue weighted by Crippen LogP contribution is 2.41. The molecule has 0 amide bonds. The third kappa shape index (κ3) is 1.06. The molecule has 0 fully saturated rings. The normalized spacial score (nSPS) is 13.2. The van der Waals surface area contributed by atoms with E-state index in [9.17, 15) is 0 Å². The number of halogens is 1. The number of anilines is 1. The van der Waals surface area contributed by atoms with E-state index in [0.717, 1.165) is 5.69 Å². The van der Waals surface area contributed by atoms with Crippen LogP contribution in [0.1, 0.15) is 0 Å². The molecular formula is C8H8ClNO2. The van der Waals surface area contributed by atoms with Gasteiger partial charge in [-0.05, 0) is 6.07 Å². The van der Waals surface area contributed by atoms with Crippen LogP contribution in [-0.2, 0) is 0 Å². The summed E-state index contributed by atoms with van der Waals surface area (Å²) in [6.45, 7) is 0.252. The smallest absolute Gasteiger partial charge is 0.231 e. The second kappa shape index (κ2) is 2.75. The lowest BCUT2D eigenvalue weighted by Crippen LogP contribution is -1.93. The van der Waals surface area contributed by atoms with E-state index in [1.54, 1.807) is 6.07 Å². The molecule has 64 valence electrons. The van der Waals surface area contributed by atoms with Crippen molar-refractivity contribution >= 4 is 17.3 Å². The van der Waals surface area contributed by atoms with Crippen LogP contribution in [0.2, 0.25) is 5.02 Å². The van der Waals surface area contributed by atoms with Crippen LogP contribution in [0.5, 0.6) is 11.5 Å². The average Bonchev–Trinajstić information content (AvgIpc) is 2.52. The second-order valence-electron chi connectivity index (χ2n) is 2.44. The maximum Gasteiger partial charge on any atom is 0.231 e. The van der Waals surface area contributed by atoms with Crippen LogP contribution < -0.4 is 14.8 Å². The summed E-state index contributed by atoms with van der Waals surface area (Å²) in [4.78, 5) is 0. The first-order valence-electron chi connectivity index (χ1n) is 3.58. The minimum absolute atomic E-state index is 0.252. The maximum absolute atomic E-state index is 5.91. The molecule has 0 atom stereocenters. The van der Waals surface area contributed by atoms with Gasteiger partial charge in [-0.15, -0.1) is 0 Å². The number of rotatable bonds is 1. The van der Waals surface area contributed by atoms with Crippen molar-refractivity contribution in [3.05, 3.63) is 17.2 Å². The van der Waals surface area contributed by atoms with Gasteiger partial charge in [0.05, 0.1) is 5.02 Å². The molecule has 12 heavy (non-hydrogen) atoms. The summed E-state index contributed by atoms with van der Waals surface area (Å²) in [7, 11) is 1.83. The Balaban J connectivity index is 2.51. The third-order valence-corrected chi connectivity index (χ3v) is 2.00. The minimum atomic E-state index is 0.252. The van der Waals surface area contributed by atoms with Gasteiger partial charge in [-0.3, -0.25) is 0 Å². The van der Waals surface area contributed by atoms with Crippen LogP contribution in [0.3, 0.4) is 0 Å². The first kappa shape index (κ1) is 7.55. The molecule has 1 aromatic rings. The highest BCUT2D eigenvalue weighted by molar-refractivity contribution is 6.32. The number of hydrogen-bond acceptors (Lipinski definition) is 3. The lowest BCUT2D eigenvalue weighted by Gasteiger charge is -2.03. The molecule has 0 spiro atoms. The standard InChI is InChI=1S/C8H8ClNO2/c1-10-5-2-6(9)8-7(3-5)11-4-12-8/h2-3,10H,4H2,1H3. The number of ether oxygens (including phenoxy) is 2. The van der Waals surface area contributed by atoms with Gasteiger partial charge in [-0.2, -0.15) is 0 Å². The van der Waals surface area contributed by atoms with Gasteiger partial charge in [-0.25, -0.2) is 0 Å². The van der Waals surface area contributed by atoms with Gasteiger partial charge in [-0.1, -0.05) is 11.6 Å². The third-order valence-electron chi connectivity index (χ3n) is 1.72. The predicted molar refractivity (Wildman–Crippen MR) is 47.1 cm³/mol. The molecular weight excluding hydrogens is 178 g/mol. The minimum Gasteiger partial charge on any atom is -0.453 e. The SMILES string of the molecule is CNc1cc(Cl)c2c(c1)OCO2. The summed E-state index contributed by atoms with van der Waals surface area (Å²) in [6.07, 6.45) is 0. The Morgan fingerprint density at radius 2 is 2.25 bits per heavy atom. The van der Waals surface area contributed by atoms with Gasteiger partial charge in [0, 0.05) is 18.8 Å². The average molecular weight is 186 g/mol. The Morgan fingerprint density at radius 1 is 1.42 bits per heavy atom. The van der Waals surface area contributed by atoms with Crippen molar-refractivity contribution in [1.82, 2.24) is 0 Å². The molecule has 0 saturated heterocycles. The molecule has 2 rings (SSSR count). The zero-order chi connectivity index (χ0) is 8.55. The number of fused-ring (bicyclic) bond motifs is 1. The largest absolute Gasteiger partial charge is 0.453 e. The van der Waals surface area contributed by atoms with Crippen LogP contribution in [0.25, 0.3) is 0 Å². The van der Waals surface area contributed by atoms with E-state index in [1.165, 1.54) is 0 Å². The first-order valence-corrected chi connectivity index (χ1v) is 3.96. The summed E-state index contributed by atoms with van der Waals surface area (Å²) in [5.41, 5.74) is 0.921. The summed E-state index contributed by atoms with van der Waals surface area (Å²) in [5, 5.41) is 3.56. The molecule has 1 aliphatic heterocycles. The number of hydrogen-bond donors (Lipinski definition) is 1. The maximum atomic E-state index is 5.91. The summed E-state index contributed by atoms with van der Waals surface area (Å²) < 4.78 is 10.3. The zero-order valence-corrected chi connectivity index (χ0v) is 7.31.